The molecule has 0 amide bonds. The van der Waals surface area contributed by atoms with Crippen LogP contribution in [0.3, 0.4) is 0 Å². The molecule has 7 nitrogen and oxygen atoms in total. The van der Waals surface area contributed by atoms with Crippen LogP contribution in [0.4, 0.5) is 0 Å². The summed E-state index contributed by atoms with van der Waals surface area (Å²) in [5, 5.41) is 8.32. The summed E-state index contributed by atoms with van der Waals surface area (Å²) in [6, 6.07) is 4.76. The Hall–Kier alpha value is -1.33. The Balaban J connectivity index is 0.000000292. The molecule has 0 fully saturated rings. The number of hydrogen-bond donors (Lipinski definition) is 3. The van der Waals surface area contributed by atoms with Gasteiger partial charge in [0.1, 0.15) is 5.69 Å². The molecule has 0 radical (unpaired) electrons. The molecule has 1 rings (SSSR count). The van der Waals surface area contributed by atoms with E-state index in [4.69, 9.17) is 21.0 Å². The molecule has 14 heavy (non-hydrogen) atoms. The normalized spacial score (nSPS) is 9.86. The van der Waals surface area contributed by atoms with Gasteiger partial charge in [0.05, 0.1) is 0 Å². The summed E-state index contributed by atoms with van der Waals surface area (Å²) in [4.78, 5) is 13.7. The monoisotopic (exact) mass is 241 g/mol. The van der Waals surface area contributed by atoms with Gasteiger partial charge in [-0.25, -0.2) is 9.78 Å². The zero-order chi connectivity index (χ0) is 11.2. The second kappa shape index (κ2) is 5.41. The fourth-order valence-electron chi connectivity index (χ4n) is 0.489. The standard InChI is InChI=1S/C6H5NO2.Cr.2H2O.2O/c8-6(9)5-3-1-2-4-7-5;;;;;/h1-4H,(H,8,9);;2*1H2;;/q;+2;;;;/p-2. The van der Waals surface area contributed by atoms with Crippen molar-refractivity contribution < 1.29 is 39.4 Å². The number of carboxylic acids is 1. The van der Waals surface area contributed by atoms with Gasteiger partial charge in [-0.3, -0.25) is 0 Å². The first-order valence-corrected chi connectivity index (χ1v) is 5.33. The first-order valence-electron chi connectivity index (χ1n) is 3.15. The van der Waals surface area contributed by atoms with Gasteiger partial charge in [-0.2, -0.15) is 0 Å². The molecule has 0 aliphatic rings. The number of carbonyl (C=O) groups is 1. The van der Waals surface area contributed by atoms with Crippen molar-refractivity contribution in [2.24, 2.45) is 0 Å². The fourth-order valence-corrected chi connectivity index (χ4v) is 0.489. The summed E-state index contributed by atoms with van der Waals surface area (Å²) in [5.41, 5.74) is 0.0810. The van der Waals surface area contributed by atoms with Crippen molar-refractivity contribution in [3.05, 3.63) is 30.1 Å². The Morgan fingerprint density at radius 1 is 1.29 bits per heavy atom. The van der Waals surface area contributed by atoms with Crippen molar-refractivity contribution in [3.63, 3.8) is 0 Å². The molecule has 0 saturated heterocycles. The van der Waals surface area contributed by atoms with Crippen LogP contribution in [0.15, 0.2) is 24.4 Å². The van der Waals surface area contributed by atoms with Gasteiger partial charge in [0.2, 0.25) is 0 Å². The van der Waals surface area contributed by atoms with Crippen LogP contribution in [0.2, 0.25) is 0 Å². The molecule has 1 aromatic rings. The van der Waals surface area contributed by atoms with E-state index in [1.54, 1.807) is 12.1 Å². The van der Waals surface area contributed by atoms with Gasteiger partial charge in [0.15, 0.2) is 0 Å². The average molecular weight is 241 g/mol. The summed E-state index contributed by atoms with van der Waals surface area (Å²) in [6.07, 6.45) is 1.45. The van der Waals surface area contributed by atoms with E-state index in [-0.39, 0.29) is 5.69 Å². The van der Waals surface area contributed by atoms with Crippen molar-refractivity contribution in [1.29, 1.82) is 0 Å². The minimum atomic E-state index is -5.25. The third-order valence-corrected chi connectivity index (χ3v) is 0.884. The number of aromatic carboxylic acids is 1. The second-order valence-electron chi connectivity index (χ2n) is 1.97. The quantitative estimate of drug-likeness (QED) is 0.600. The van der Waals surface area contributed by atoms with Crippen LogP contribution in [0.1, 0.15) is 10.5 Å². The molecule has 0 aromatic carbocycles. The molecule has 0 spiro atoms. The third-order valence-electron chi connectivity index (χ3n) is 0.884. The Labute approximate surface area is 81.0 Å². The molecule has 78 valence electrons. The molecule has 0 atom stereocenters. The van der Waals surface area contributed by atoms with Gasteiger partial charge in [-0.15, -0.1) is 0 Å². The van der Waals surface area contributed by atoms with Gasteiger partial charge in [-0.05, 0) is 12.1 Å². The first-order chi connectivity index (χ1) is 6.30. The van der Waals surface area contributed by atoms with Crippen LogP contribution in [0.25, 0.3) is 0 Å². The van der Waals surface area contributed by atoms with Gasteiger partial charge < -0.3 is 5.11 Å². The number of hydrogen-bond acceptors (Lipinski definition) is 4. The maximum absolute atomic E-state index is 10.1. The summed E-state index contributed by atoms with van der Waals surface area (Å²) in [7, 11) is 0. The third kappa shape index (κ3) is 8.77. The van der Waals surface area contributed by atoms with Crippen LogP contribution < -0.4 is 0 Å². The molecular weight excluding hydrogens is 234 g/mol. The van der Waals surface area contributed by atoms with E-state index in [9.17, 15) is 4.79 Å². The number of carboxylic acid groups (broad SMARTS) is 1. The predicted octanol–water partition coefficient (Wildman–Crippen LogP) is -0.574. The Morgan fingerprint density at radius 2 is 1.79 bits per heavy atom. The Bertz CT molecular complexity index is 378. The van der Waals surface area contributed by atoms with Gasteiger partial charge in [0.25, 0.3) is 0 Å². The average Bonchev–Trinajstić information content (AvgIpc) is 2.03. The molecular formula is C6H7CrNO6. The predicted molar refractivity (Wildman–Crippen MR) is 37.0 cm³/mol. The Kier molecular flexibility index (Phi) is 4.90. The molecule has 8 heteroatoms. The van der Waals surface area contributed by atoms with Crippen molar-refractivity contribution in [2.75, 3.05) is 0 Å². The summed E-state index contributed by atoms with van der Waals surface area (Å²) < 4.78 is 31.9. The van der Waals surface area contributed by atoms with Crippen LogP contribution in [-0.4, -0.2) is 24.4 Å². The van der Waals surface area contributed by atoms with Crippen LogP contribution >= 0.6 is 0 Å². The van der Waals surface area contributed by atoms with Crippen LogP contribution in [-0.2, 0) is 21.2 Å². The molecule has 0 saturated carbocycles. The van der Waals surface area contributed by atoms with E-state index in [1.807, 2.05) is 0 Å². The van der Waals surface area contributed by atoms with E-state index < -0.39 is 19.6 Å². The number of aromatic nitrogens is 1. The molecule has 1 heterocycles. The van der Waals surface area contributed by atoms with E-state index in [0.717, 1.165) is 0 Å². The number of nitrogens with zero attached hydrogens (tertiary/aromatic N) is 1. The molecule has 0 aliphatic heterocycles. The van der Waals surface area contributed by atoms with Crippen molar-refractivity contribution in [3.8, 4) is 0 Å². The van der Waals surface area contributed by atoms with Gasteiger partial charge >= 0.3 is 35.5 Å². The number of rotatable bonds is 1. The van der Waals surface area contributed by atoms with Crippen molar-refractivity contribution in [2.45, 2.75) is 0 Å². The molecule has 3 N–H and O–H groups in total. The van der Waals surface area contributed by atoms with Crippen molar-refractivity contribution >= 4 is 5.97 Å². The van der Waals surface area contributed by atoms with Gasteiger partial charge in [0, 0.05) is 6.20 Å². The summed E-state index contributed by atoms with van der Waals surface area (Å²) >= 11 is -5.25. The van der Waals surface area contributed by atoms with Gasteiger partial charge in [-0.1, -0.05) is 6.07 Å². The molecule has 0 aliphatic carbocycles. The fraction of sp³-hybridized carbons (Fsp3) is 0. The van der Waals surface area contributed by atoms with Crippen LogP contribution in [0.5, 0.6) is 0 Å². The van der Waals surface area contributed by atoms with Crippen molar-refractivity contribution in [1.82, 2.24) is 4.98 Å². The topological polar surface area (TPSA) is 125 Å². The van der Waals surface area contributed by atoms with E-state index in [2.05, 4.69) is 4.98 Å². The summed E-state index contributed by atoms with van der Waals surface area (Å²) in [6.45, 7) is 0. The molecule has 0 bridgehead atoms. The second-order valence-corrected chi connectivity index (χ2v) is 3.37. The van der Waals surface area contributed by atoms with E-state index in [1.165, 1.54) is 12.3 Å². The minimum absolute atomic E-state index is 0.0810. The molecule has 1 aromatic heterocycles. The number of pyridine rings is 1. The van der Waals surface area contributed by atoms with E-state index >= 15 is 0 Å². The molecule has 0 unspecified atom stereocenters. The zero-order valence-electron chi connectivity index (χ0n) is 6.73. The first kappa shape index (κ1) is 12.7. The summed E-state index contributed by atoms with van der Waals surface area (Å²) in [5.74, 6) is -0.990. The van der Waals surface area contributed by atoms with Crippen LogP contribution in [0, 0.1) is 0 Å². The maximum atomic E-state index is 10.1. The zero-order valence-corrected chi connectivity index (χ0v) is 8.01. The SMILES string of the molecule is O=C(O)c1ccccn1.[O]=[Cr](=[O])([OH])[OH]. The Morgan fingerprint density at radius 3 is 2.00 bits per heavy atom. The van der Waals surface area contributed by atoms with E-state index in [0.29, 0.717) is 0 Å².